The van der Waals surface area contributed by atoms with Gasteiger partial charge in [0.05, 0.1) is 34.1 Å². The third-order valence-electron chi connectivity index (χ3n) is 5.84. The van der Waals surface area contributed by atoms with E-state index < -0.39 is 0 Å². The number of aromatic amines is 1. The molecule has 1 aliphatic heterocycles. The summed E-state index contributed by atoms with van der Waals surface area (Å²) < 4.78 is 8.07. The number of rotatable bonds is 5. The number of hydrogen-bond acceptors (Lipinski definition) is 4. The molecule has 6 nitrogen and oxygen atoms in total. The summed E-state index contributed by atoms with van der Waals surface area (Å²) in [6, 6.07) is 11.7. The summed E-state index contributed by atoms with van der Waals surface area (Å²) in [7, 11) is 0. The number of nitrogens with zero attached hydrogens (tertiary/aromatic N) is 2. The SMILES string of the molecule is Cc1c(-c2nc3ccccc3[nH]2)c(NC(=O)c2cccs2)n(CC2CCCO2)c1C. The lowest BCUT2D eigenvalue weighted by molar-refractivity contribution is 0.0963. The van der Waals surface area contributed by atoms with Crippen LogP contribution in [0.2, 0.25) is 0 Å². The van der Waals surface area contributed by atoms with Crippen molar-refractivity contribution >= 4 is 34.1 Å². The summed E-state index contributed by atoms with van der Waals surface area (Å²) in [6.07, 6.45) is 2.28. The zero-order chi connectivity index (χ0) is 20.7. The lowest BCUT2D eigenvalue weighted by Gasteiger charge is -2.17. The van der Waals surface area contributed by atoms with Crippen molar-refractivity contribution in [1.82, 2.24) is 14.5 Å². The highest BCUT2D eigenvalue weighted by atomic mass is 32.1. The molecule has 2 N–H and O–H groups in total. The van der Waals surface area contributed by atoms with E-state index >= 15 is 0 Å². The van der Waals surface area contributed by atoms with Gasteiger partial charge in [0, 0.05) is 12.3 Å². The molecule has 1 unspecified atom stereocenters. The number of carbonyl (C=O) groups is 1. The van der Waals surface area contributed by atoms with Crippen LogP contribution in [0.1, 0.15) is 33.8 Å². The van der Waals surface area contributed by atoms with E-state index in [4.69, 9.17) is 9.72 Å². The Morgan fingerprint density at radius 3 is 2.90 bits per heavy atom. The number of nitrogens with one attached hydrogen (secondary N) is 2. The second-order valence-corrected chi connectivity index (χ2v) is 8.66. The van der Waals surface area contributed by atoms with E-state index in [0.717, 1.165) is 58.9 Å². The molecule has 1 fully saturated rings. The number of H-pyrrole nitrogens is 1. The first-order chi connectivity index (χ1) is 14.6. The van der Waals surface area contributed by atoms with Crippen molar-refractivity contribution in [3.05, 3.63) is 57.9 Å². The zero-order valence-electron chi connectivity index (χ0n) is 17.1. The maximum Gasteiger partial charge on any atom is 0.266 e. The van der Waals surface area contributed by atoms with Crippen LogP contribution in [-0.4, -0.2) is 33.2 Å². The minimum absolute atomic E-state index is 0.103. The Labute approximate surface area is 178 Å². The predicted molar refractivity (Wildman–Crippen MR) is 120 cm³/mol. The molecule has 4 heterocycles. The van der Waals surface area contributed by atoms with E-state index in [0.29, 0.717) is 11.4 Å². The highest BCUT2D eigenvalue weighted by Gasteiger charge is 2.26. The number of ether oxygens (including phenoxy) is 1. The standard InChI is InChI=1S/C23H24N4O2S/c1-14-15(2)27(13-16-7-5-11-29-16)22(26-23(28)19-10-6-12-30-19)20(14)21-24-17-8-3-4-9-18(17)25-21/h3-4,6,8-10,12,16H,5,7,11,13H2,1-2H3,(H,24,25)(H,26,28). The van der Waals surface area contributed by atoms with Crippen molar-refractivity contribution in [3.8, 4) is 11.4 Å². The molecule has 1 aliphatic rings. The smallest absolute Gasteiger partial charge is 0.266 e. The van der Waals surface area contributed by atoms with Gasteiger partial charge in [-0.3, -0.25) is 4.79 Å². The molecule has 154 valence electrons. The topological polar surface area (TPSA) is 71.9 Å². The maximum atomic E-state index is 13.0. The number of fused-ring (bicyclic) bond motifs is 1. The van der Waals surface area contributed by atoms with Crippen LogP contribution in [0.15, 0.2) is 41.8 Å². The molecule has 0 bridgehead atoms. The highest BCUT2D eigenvalue weighted by Crippen LogP contribution is 2.37. The number of carbonyl (C=O) groups excluding carboxylic acids is 1. The number of amides is 1. The van der Waals surface area contributed by atoms with Gasteiger partial charge >= 0.3 is 0 Å². The second kappa shape index (κ2) is 7.74. The van der Waals surface area contributed by atoms with Crippen LogP contribution < -0.4 is 5.32 Å². The fourth-order valence-corrected chi connectivity index (χ4v) is 4.77. The molecule has 0 spiro atoms. The predicted octanol–water partition coefficient (Wildman–Crippen LogP) is 5.14. The Bertz CT molecular complexity index is 1170. The molecule has 1 atom stereocenters. The second-order valence-electron chi connectivity index (χ2n) is 7.71. The molecule has 3 aromatic heterocycles. The molecule has 7 heteroatoms. The Kier molecular flexibility index (Phi) is 4.92. The first-order valence-electron chi connectivity index (χ1n) is 10.2. The minimum Gasteiger partial charge on any atom is -0.376 e. The number of thiophene rings is 1. The number of benzene rings is 1. The Hall–Kier alpha value is -2.90. The molecule has 30 heavy (non-hydrogen) atoms. The zero-order valence-corrected chi connectivity index (χ0v) is 17.9. The molecule has 1 aromatic carbocycles. The van der Waals surface area contributed by atoms with Crippen LogP contribution in [0.25, 0.3) is 22.4 Å². The normalized spacial score (nSPS) is 16.4. The van der Waals surface area contributed by atoms with Crippen molar-refractivity contribution in [2.75, 3.05) is 11.9 Å². The average molecular weight is 421 g/mol. The summed E-state index contributed by atoms with van der Waals surface area (Å²) in [6.45, 7) is 5.70. The first kappa shape index (κ1) is 19.1. The van der Waals surface area contributed by atoms with Crippen molar-refractivity contribution in [3.63, 3.8) is 0 Å². The van der Waals surface area contributed by atoms with Gasteiger partial charge in [-0.25, -0.2) is 4.98 Å². The molecule has 0 radical (unpaired) electrons. The van der Waals surface area contributed by atoms with Crippen molar-refractivity contribution in [1.29, 1.82) is 0 Å². The third-order valence-corrected chi connectivity index (χ3v) is 6.71. The van der Waals surface area contributed by atoms with Gasteiger partial charge in [-0.15, -0.1) is 11.3 Å². The lowest BCUT2D eigenvalue weighted by atomic mass is 10.1. The summed E-state index contributed by atoms with van der Waals surface area (Å²) in [5.41, 5.74) is 5.04. The fourth-order valence-electron chi connectivity index (χ4n) is 4.15. The minimum atomic E-state index is -0.103. The summed E-state index contributed by atoms with van der Waals surface area (Å²) >= 11 is 1.44. The summed E-state index contributed by atoms with van der Waals surface area (Å²) in [4.78, 5) is 21.9. The van der Waals surface area contributed by atoms with Gasteiger partial charge in [-0.05, 0) is 55.8 Å². The average Bonchev–Trinajstić information content (AvgIpc) is 3.53. The van der Waals surface area contributed by atoms with Crippen molar-refractivity contribution < 1.29 is 9.53 Å². The number of para-hydroxylation sites is 2. The van der Waals surface area contributed by atoms with Gasteiger partial charge < -0.3 is 19.6 Å². The molecule has 0 saturated carbocycles. The van der Waals surface area contributed by atoms with E-state index in [-0.39, 0.29) is 12.0 Å². The van der Waals surface area contributed by atoms with E-state index in [2.05, 4.69) is 28.7 Å². The van der Waals surface area contributed by atoms with E-state index in [1.54, 1.807) is 0 Å². The Morgan fingerprint density at radius 1 is 1.30 bits per heavy atom. The van der Waals surface area contributed by atoms with Gasteiger partial charge in [0.2, 0.25) is 0 Å². The number of hydrogen-bond donors (Lipinski definition) is 2. The summed E-state index contributed by atoms with van der Waals surface area (Å²) in [5.74, 6) is 1.44. The number of imidazole rings is 1. The largest absolute Gasteiger partial charge is 0.376 e. The molecule has 1 amide bonds. The Balaban J connectivity index is 1.63. The molecule has 5 rings (SSSR count). The van der Waals surface area contributed by atoms with Crippen molar-refractivity contribution in [2.24, 2.45) is 0 Å². The van der Waals surface area contributed by atoms with Gasteiger partial charge in [0.1, 0.15) is 11.6 Å². The van der Waals surface area contributed by atoms with Crippen LogP contribution >= 0.6 is 11.3 Å². The number of anilines is 1. The maximum absolute atomic E-state index is 13.0. The fraction of sp³-hybridized carbons (Fsp3) is 0.304. The third kappa shape index (κ3) is 3.34. The van der Waals surface area contributed by atoms with Gasteiger partial charge in [-0.2, -0.15) is 0 Å². The first-order valence-corrected chi connectivity index (χ1v) is 11.1. The van der Waals surface area contributed by atoms with Gasteiger partial charge in [-0.1, -0.05) is 18.2 Å². The molecular weight excluding hydrogens is 396 g/mol. The van der Waals surface area contributed by atoms with E-state index in [1.807, 2.05) is 41.8 Å². The molecule has 4 aromatic rings. The Morgan fingerprint density at radius 2 is 2.17 bits per heavy atom. The lowest BCUT2D eigenvalue weighted by Crippen LogP contribution is -2.20. The van der Waals surface area contributed by atoms with Crippen molar-refractivity contribution in [2.45, 2.75) is 39.3 Å². The van der Waals surface area contributed by atoms with Crippen LogP contribution in [0.3, 0.4) is 0 Å². The number of aromatic nitrogens is 3. The van der Waals surface area contributed by atoms with Crippen LogP contribution in [0.5, 0.6) is 0 Å². The van der Waals surface area contributed by atoms with Crippen LogP contribution in [0.4, 0.5) is 5.82 Å². The molecule has 0 aliphatic carbocycles. The molecule has 1 saturated heterocycles. The molecular formula is C23H24N4O2S. The quantitative estimate of drug-likeness (QED) is 0.469. The monoisotopic (exact) mass is 420 g/mol. The highest BCUT2D eigenvalue weighted by molar-refractivity contribution is 7.12. The van der Waals surface area contributed by atoms with Gasteiger partial charge in [0.15, 0.2) is 0 Å². The van der Waals surface area contributed by atoms with Gasteiger partial charge in [0.25, 0.3) is 5.91 Å². The van der Waals surface area contributed by atoms with Crippen LogP contribution in [-0.2, 0) is 11.3 Å². The van der Waals surface area contributed by atoms with E-state index in [9.17, 15) is 4.79 Å². The van der Waals surface area contributed by atoms with E-state index in [1.165, 1.54) is 11.3 Å². The van der Waals surface area contributed by atoms with Crippen LogP contribution in [0, 0.1) is 13.8 Å². The summed E-state index contributed by atoms with van der Waals surface area (Å²) in [5, 5.41) is 5.09.